The molecule has 2 rings (SSSR count). The maximum atomic E-state index is 12.3. The van der Waals surface area contributed by atoms with Crippen molar-refractivity contribution in [2.24, 2.45) is 5.10 Å². The fourth-order valence-corrected chi connectivity index (χ4v) is 3.09. The summed E-state index contributed by atoms with van der Waals surface area (Å²) >= 11 is 2.12. The molecule has 0 bridgehead atoms. The van der Waals surface area contributed by atoms with E-state index < -0.39 is 10.8 Å². The average Bonchev–Trinajstić information content (AvgIpc) is 2.69. The normalized spacial score (nSPS) is 10.6. The lowest BCUT2D eigenvalue weighted by Crippen LogP contribution is -2.18. The number of methoxy groups -OCH3 is 2. The molecule has 0 aliphatic heterocycles. The zero-order valence-corrected chi connectivity index (χ0v) is 17.6. The Morgan fingerprint density at radius 1 is 1.25 bits per heavy atom. The molecule has 1 amide bonds. The van der Waals surface area contributed by atoms with Gasteiger partial charge in [0.25, 0.3) is 11.6 Å². The van der Waals surface area contributed by atoms with E-state index in [1.54, 1.807) is 6.07 Å². The summed E-state index contributed by atoms with van der Waals surface area (Å²) in [5.41, 5.74) is 2.80. The first-order valence-corrected chi connectivity index (χ1v) is 9.15. The van der Waals surface area contributed by atoms with Crippen LogP contribution in [0.15, 0.2) is 35.4 Å². The number of amides is 1. The second kappa shape index (κ2) is 9.88. The minimum absolute atomic E-state index is 0.00713. The Balaban J connectivity index is 2.21. The summed E-state index contributed by atoms with van der Waals surface area (Å²) in [6.45, 7) is 2.38. The van der Waals surface area contributed by atoms with Gasteiger partial charge < -0.3 is 14.2 Å². The van der Waals surface area contributed by atoms with Crippen molar-refractivity contribution in [1.82, 2.24) is 5.43 Å². The summed E-state index contributed by atoms with van der Waals surface area (Å²) in [4.78, 5) is 22.7. The molecule has 0 atom stereocenters. The lowest BCUT2D eigenvalue weighted by atomic mass is 10.1. The standard InChI is InChI=1S/C18H18IN3O6/c1-4-28-17-14(19)7-11(8-16(17)27-3)10-20-21-18(23)13-9-12(22(24)25)5-6-15(13)26-2/h5-10H,4H2,1-3H3,(H,21,23)/b20-10-. The highest BCUT2D eigenvalue weighted by Gasteiger charge is 2.17. The summed E-state index contributed by atoms with van der Waals surface area (Å²) < 4.78 is 16.8. The Labute approximate surface area is 175 Å². The van der Waals surface area contributed by atoms with E-state index >= 15 is 0 Å². The third-order valence-electron chi connectivity index (χ3n) is 3.56. The number of benzene rings is 2. The Morgan fingerprint density at radius 2 is 1.96 bits per heavy atom. The lowest BCUT2D eigenvalue weighted by molar-refractivity contribution is -0.384. The van der Waals surface area contributed by atoms with Crippen LogP contribution in [0.2, 0.25) is 0 Å². The molecule has 1 N–H and O–H groups in total. The Kier molecular flexibility index (Phi) is 7.55. The lowest BCUT2D eigenvalue weighted by Gasteiger charge is -2.12. The van der Waals surface area contributed by atoms with E-state index in [1.807, 2.05) is 13.0 Å². The van der Waals surface area contributed by atoms with Crippen LogP contribution in [-0.2, 0) is 0 Å². The Hall–Kier alpha value is -2.89. The van der Waals surface area contributed by atoms with Crippen LogP contribution >= 0.6 is 22.6 Å². The number of hydrazone groups is 1. The summed E-state index contributed by atoms with van der Waals surface area (Å²) in [6.07, 6.45) is 1.43. The molecule has 2 aromatic rings. The van der Waals surface area contributed by atoms with Crippen LogP contribution in [0, 0.1) is 13.7 Å². The maximum Gasteiger partial charge on any atom is 0.275 e. The highest BCUT2D eigenvalue weighted by atomic mass is 127. The molecule has 28 heavy (non-hydrogen) atoms. The van der Waals surface area contributed by atoms with Crippen molar-refractivity contribution in [1.29, 1.82) is 0 Å². The average molecular weight is 499 g/mol. The van der Waals surface area contributed by atoms with Crippen molar-refractivity contribution in [2.45, 2.75) is 6.92 Å². The van der Waals surface area contributed by atoms with Gasteiger partial charge in [0.15, 0.2) is 11.5 Å². The second-order valence-electron chi connectivity index (χ2n) is 5.31. The monoisotopic (exact) mass is 499 g/mol. The number of hydrogen-bond acceptors (Lipinski definition) is 7. The van der Waals surface area contributed by atoms with Crippen LogP contribution in [0.25, 0.3) is 0 Å². The first-order chi connectivity index (χ1) is 13.4. The summed E-state index contributed by atoms with van der Waals surface area (Å²) in [5, 5.41) is 14.8. The van der Waals surface area contributed by atoms with Gasteiger partial charge in [-0.25, -0.2) is 5.43 Å². The van der Waals surface area contributed by atoms with Crippen molar-refractivity contribution in [3.05, 3.63) is 55.1 Å². The van der Waals surface area contributed by atoms with Crippen LogP contribution in [0.1, 0.15) is 22.8 Å². The van der Waals surface area contributed by atoms with Gasteiger partial charge in [-0.1, -0.05) is 0 Å². The smallest absolute Gasteiger partial charge is 0.275 e. The molecular formula is C18H18IN3O6. The molecule has 0 aliphatic carbocycles. The predicted octanol–water partition coefficient (Wildman–Crippen LogP) is 3.38. The van der Waals surface area contributed by atoms with Crippen molar-refractivity contribution < 1.29 is 23.9 Å². The third-order valence-corrected chi connectivity index (χ3v) is 4.36. The number of hydrogen-bond donors (Lipinski definition) is 1. The van der Waals surface area contributed by atoms with E-state index in [1.165, 1.54) is 32.6 Å². The number of rotatable bonds is 8. The number of carbonyl (C=O) groups excluding carboxylic acids is 1. The van der Waals surface area contributed by atoms with Crippen LogP contribution < -0.4 is 19.6 Å². The minimum Gasteiger partial charge on any atom is -0.496 e. The molecule has 0 spiro atoms. The molecule has 0 aliphatic rings. The van der Waals surface area contributed by atoms with Crippen LogP contribution in [-0.4, -0.2) is 37.9 Å². The molecule has 9 nitrogen and oxygen atoms in total. The van der Waals surface area contributed by atoms with Gasteiger partial charge in [0.1, 0.15) is 5.75 Å². The van der Waals surface area contributed by atoms with Crippen molar-refractivity contribution >= 4 is 40.4 Å². The Morgan fingerprint density at radius 3 is 2.57 bits per heavy atom. The summed E-state index contributed by atoms with van der Waals surface area (Å²) in [6, 6.07) is 7.28. The number of carbonyl (C=O) groups is 1. The molecule has 0 radical (unpaired) electrons. The van der Waals surface area contributed by atoms with Gasteiger partial charge in [-0.05, 0) is 53.3 Å². The first-order valence-electron chi connectivity index (χ1n) is 8.07. The first kappa shape index (κ1) is 21.4. The quantitative estimate of drug-likeness (QED) is 0.258. The molecule has 2 aromatic carbocycles. The van der Waals surface area contributed by atoms with Gasteiger partial charge in [0.2, 0.25) is 0 Å². The molecule has 148 valence electrons. The molecule has 0 aromatic heterocycles. The van der Waals surface area contributed by atoms with E-state index in [2.05, 4.69) is 33.1 Å². The zero-order chi connectivity index (χ0) is 20.7. The van der Waals surface area contributed by atoms with Gasteiger partial charge in [-0.2, -0.15) is 5.10 Å². The van der Waals surface area contributed by atoms with E-state index in [-0.39, 0.29) is 17.0 Å². The number of halogens is 1. The second-order valence-corrected chi connectivity index (χ2v) is 6.47. The van der Waals surface area contributed by atoms with E-state index in [9.17, 15) is 14.9 Å². The Bertz CT molecular complexity index is 916. The molecule has 10 heteroatoms. The summed E-state index contributed by atoms with van der Waals surface area (Å²) in [5.74, 6) is 0.745. The molecular weight excluding hydrogens is 481 g/mol. The number of ether oxygens (including phenoxy) is 3. The minimum atomic E-state index is -0.635. The van der Waals surface area contributed by atoms with Crippen LogP contribution in [0.3, 0.4) is 0 Å². The fraction of sp³-hybridized carbons (Fsp3) is 0.222. The largest absolute Gasteiger partial charge is 0.496 e. The molecule has 0 unspecified atom stereocenters. The number of nitro groups is 1. The molecule has 0 saturated carbocycles. The highest BCUT2D eigenvalue weighted by molar-refractivity contribution is 14.1. The van der Waals surface area contributed by atoms with Gasteiger partial charge in [0.05, 0.1) is 41.1 Å². The number of nitro benzene ring substituents is 1. The molecule has 0 saturated heterocycles. The van der Waals surface area contributed by atoms with Crippen molar-refractivity contribution in [2.75, 3.05) is 20.8 Å². The predicted molar refractivity (Wildman–Crippen MR) is 112 cm³/mol. The zero-order valence-electron chi connectivity index (χ0n) is 15.4. The molecule has 0 fully saturated rings. The molecule has 0 heterocycles. The van der Waals surface area contributed by atoms with Gasteiger partial charge in [0, 0.05) is 12.1 Å². The van der Waals surface area contributed by atoms with Crippen molar-refractivity contribution in [3.63, 3.8) is 0 Å². The highest BCUT2D eigenvalue weighted by Crippen LogP contribution is 2.33. The third kappa shape index (κ3) is 5.09. The van der Waals surface area contributed by atoms with Crippen molar-refractivity contribution in [3.8, 4) is 17.2 Å². The van der Waals surface area contributed by atoms with Crippen LogP contribution in [0.4, 0.5) is 5.69 Å². The maximum absolute atomic E-state index is 12.3. The van der Waals surface area contributed by atoms with Gasteiger partial charge in [-0.15, -0.1) is 0 Å². The van der Waals surface area contributed by atoms with Gasteiger partial charge >= 0.3 is 0 Å². The number of nitrogens with one attached hydrogen (secondary N) is 1. The van der Waals surface area contributed by atoms with E-state index in [0.717, 1.165) is 9.64 Å². The topological polar surface area (TPSA) is 112 Å². The van der Waals surface area contributed by atoms with E-state index in [4.69, 9.17) is 14.2 Å². The SMILES string of the molecule is CCOc1c(I)cc(/C=N\NC(=O)c2cc([N+](=O)[O-])ccc2OC)cc1OC. The van der Waals surface area contributed by atoms with Crippen LogP contribution in [0.5, 0.6) is 17.2 Å². The number of non-ortho nitro benzene ring substituents is 1. The van der Waals surface area contributed by atoms with Gasteiger partial charge in [-0.3, -0.25) is 14.9 Å². The summed E-state index contributed by atoms with van der Waals surface area (Å²) in [7, 11) is 2.90. The van der Waals surface area contributed by atoms with E-state index in [0.29, 0.717) is 23.7 Å². The fourth-order valence-electron chi connectivity index (χ4n) is 2.31. The number of nitrogens with zero attached hydrogens (tertiary/aromatic N) is 2.